The van der Waals surface area contributed by atoms with Gasteiger partial charge in [0.1, 0.15) is 6.04 Å². The van der Waals surface area contributed by atoms with Gasteiger partial charge >= 0.3 is 0 Å². The molecule has 0 aliphatic carbocycles. The zero-order valence-electron chi connectivity index (χ0n) is 10.9. The number of nitrogens with zero attached hydrogens (tertiary/aromatic N) is 2. The number of methoxy groups -OCH3 is 1. The van der Waals surface area contributed by atoms with E-state index in [1.807, 2.05) is 37.3 Å². The molecule has 19 heavy (non-hydrogen) atoms. The average Bonchev–Trinajstić information content (AvgIpc) is 2.47. The van der Waals surface area contributed by atoms with Crippen molar-refractivity contribution < 1.29 is 4.74 Å². The topological polar surface area (TPSA) is 57.9 Å². The molecule has 1 N–H and O–H groups in total. The first-order chi connectivity index (χ1) is 9.24. The summed E-state index contributed by atoms with van der Waals surface area (Å²) in [5, 5.41) is 12.5. The van der Waals surface area contributed by atoms with Crippen molar-refractivity contribution >= 4 is 5.69 Å². The number of nitriles is 1. The third-order valence-corrected chi connectivity index (χ3v) is 2.88. The molecule has 0 saturated carbocycles. The van der Waals surface area contributed by atoms with Crippen LogP contribution in [-0.2, 0) is 0 Å². The van der Waals surface area contributed by atoms with Gasteiger partial charge in [-0.3, -0.25) is 0 Å². The van der Waals surface area contributed by atoms with E-state index in [9.17, 15) is 5.26 Å². The molecule has 1 heterocycles. The second kappa shape index (κ2) is 5.87. The molecule has 0 aliphatic rings. The Labute approximate surface area is 112 Å². The van der Waals surface area contributed by atoms with Gasteiger partial charge < -0.3 is 10.1 Å². The minimum absolute atomic E-state index is 0.431. The molecule has 1 unspecified atom stereocenters. The van der Waals surface area contributed by atoms with Crippen LogP contribution in [0.25, 0.3) is 0 Å². The molecule has 96 valence electrons. The van der Waals surface area contributed by atoms with Crippen molar-refractivity contribution in [3.63, 3.8) is 0 Å². The maximum atomic E-state index is 9.29. The fourth-order valence-corrected chi connectivity index (χ4v) is 1.76. The maximum Gasteiger partial charge on any atom is 0.212 e. The Morgan fingerprint density at radius 3 is 2.63 bits per heavy atom. The highest BCUT2D eigenvalue weighted by atomic mass is 16.5. The van der Waals surface area contributed by atoms with E-state index in [0.29, 0.717) is 5.88 Å². The van der Waals surface area contributed by atoms with E-state index < -0.39 is 6.04 Å². The number of para-hydroxylation sites is 1. The van der Waals surface area contributed by atoms with Gasteiger partial charge in [0.15, 0.2) is 0 Å². The molecule has 2 aromatic rings. The Kier molecular flexibility index (Phi) is 3.99. The van der Waals surface area contributed by atoms with Crippen molar-refractivity contribution in [3.05, 3.63) is 53.7 Å². The normalized spacial score (nSPS) is 11.4. The van der Waals surface area contributed by atoms with Gasteiger partial charge in [-0.05, 0) is 24.6 Å². The van der Waals surface area contributed by atoms with Crippen molar-refractivity contribution in [2.24, 2.45) is 0 Å². The van der Waals surface area contributed by atoms with E-state index in [4.69, 9.17) is 4.74 Å². The third kappa shape index (κ3) is 3.02. The van der Waals surface area contributed by atoms with Gasteiger partial charge in [-0.15, -0.1) is 0 Å². The molecule has 4 nitrogen and oxygen atoms in total. The number of hydrogen-bond donors (Lipinski definition) is 1. The Bertz CT molecular complexity index is 587. The lowest BCUT2D eigenvalue weighted by Gasteiger charge is -2.15. The van der Waals surface area contributed by atoms with Crippen LogP contribution >= 0.6 is 0 Å². The van der Waals surface area contributed by atoms with Gasteiger partial charge in [0.2, 0.25) is 5.88 Å². The summed E-state index contributed by atoms with van der Waals surface area (Å²) in [7, 11) is 1.56. The van der Waals surface area contributed by atoms with Crippen LogP contribution in [0, 0.1) is 18.3 Å². The van der Waals surface area contributed by atoms with Crippen LogP contribution in [0.5, 0.6) is 5.88 Å². The Balaban J connectivity index is 2.21. The molecule has 0 fully saturated rings. The minimum atomic E-state index is -0.431. The second-order valence-corrected chi connectivity index (χ2v) is 4.16. The quantitative estimate of drug-likeness (QED) is 0.909. The minimum Gasteiger partial charge on any atom is -0.481 e. The number of anilines is 1. The van der Waals surface area contributed by atoms with Crippen LogP contribution < -0.4 is 10.1 Å². The molecule has 0 bridgehead atoms. The zero-order valence-corrected chi connectivity index (χ0v) is 10.9. The predicted octanol–water partition coefficient (Wildman–Crippen LogP) is 3.08. The van der Waals surface area contributed by atoms with E-state index in [1.54, 1.807) is 19.4 Å². The molecule has 2 rings (SSSR count). The molecule has 1 aromatic carbocycles. The number of benzene rings is 1. The molecule has 0 aliphatic heterocycles. The van der Waals surface area contributed by atoms with Gasteiger partial charge in [-0.1, -0.05) is 18.2 Å². The van der Waals surface area contributed by atoms with E-state index >= 15 is 0 Å². The smallest absolute Gasteiger partial charge is 0.212 e. The lowest BCUT2D eigenvalue weighted by atomic mass is 10.1. The van der Waals surface area contributed by atoms with Crippen molar-refractivity contribution in [2.45, 2.75) is 13.0 Å². The lowest BCUT2D eigenvalue weighted by Crippen LogP contribution is -2.09. The van der Waals surface area contributed by atoms with Crippen molar-refractivity contribution in [1.82, 2.24) is 4.98 Å². The second-order valence-electron chi connectivity index (χ2n) is 4.16. The molecule has 1 atom stereocenters. The summed E-state index contributed by atoms with van der Waals surface area (Å²) >= 11 is 0. The van der Waals surface area contributed by atoms with Gasteiger partial charge in [-0.2, -0.15) is 5.26 Å². The predicted molar refractivity (Wildman–Crippen MR) is 73.9 cm³/mol. The van der Waals surface area contributed by atoms with Crippen molar-refractivity contribution in [1.29, 1.82) is 5.26 Å². The van der Waals surface area contributed by atoms with E-state index in [1.165, 1.54) is 0 Å². The highest BCUT2D eigenvalue weighted by Gasteiger charge is 2.11. The van der Waals surface area contributed by atoms with E-state index in [2.05, 4.69) is 16.4 Å². The van der Waals surface area contributed by atoms with Crippen LogP contribution in [0.2, 0.25) is 0 Å². The summed E-state index contributed by atoms with van der Waals surface area (Å²) in [6.07, 6.45) is 1.65. The molecule has 0 saturated heterocycles. The van der Waals surface area contributed by atoms with Gasteiger partial charge in [0, 0.05) is 23.5 Å². The van der Waals surface area contributed by atoms with Crippen LogP contribution in [0.15, 0.2) is 42.6 Å². The molecule has 0 amide bonds. The molecule has 1 aromatic heterocycles. The lowest BCUT2D eigenvalue weighted by molar-refractivity contribution is 0.397. The maximum absolute atomic E-state index is 9.29. The molecule has 4 heteroatoms. The fraction of sp³-hybridized carbons (Fsp3) is 0.200. The number of nitrogens with one attached hydrogen (secondary N) is 1. The molecule has 0 radical (unpaired) electrons. The van der Waals surface area contributed by atoms with Crippen LogP contribution in [0.1, 0.15) is 17.2 Å². The monoisotopic (exact) mass is 253 g/mol. The SMILES string of the molecule is COc1ccc(C(C#N)Nc2ccccc2C)cn1. The Hall–Kier alpha value is -2.54. The summed E-state index contributed by atoms with van der Waals surface area (Å²) in [4.78, 5) is 4.12. The van der Waals surface area contributed by atoms with Gasteiger partial charge in [0.05, 0.1) is 13.2 Å². The van der Waals surface area contributed by atoms with Crippen molar-refractivity contribution in [2.75, 3.05) is 12.4 Å². The van der Waals surface area contributed by atoms with E-state index in [-0.39, 0.29) is 0 Å². The standard InChI is InChI=1S/C15H15N3O/c1-11-5-3-4-6-13(11)18-14(9-16)12-7-8-15(19-2)17-10-12/h3-8,10,14,18H,1-2H3. The first-order valence-corrected chi connectivity index (χ1v) is 5.96. The average molecular weight is 253 g/mol. The van der Waals surface area contributed by atoms with Crippen molar-refractivity contribution in [3.8, 4) is 11.9 Å². The van der Waals surface area contributed by atoms with Crippen LogP contribution in [0.4, 0.5) is 5.69 Å². The summed E-state index contributed by atoms with van der Waals surface area (Å²) in [5.41, 5.74) is 2.86. The molecular weight excluding hydrogens is 238 g/mol. The first kappa shape index (κ1) is 12.9. The van der Waals surface area contributed by atoms with E-state index in [0.717, 1.165) is 16.8 Å². The first-order valence-electron chi connectivity index (χ1n) is 5.96. The summed E-state index contributed by atoms with van der Waals surface area (Å²) in [6.45, 7) is 2.00. The zero-order chi connectivity index (χ0) is 13.7. The number of pyridine rings is 1. The van der Waals surface area contributed by atoms with Gasteiger partial charge in [0.25, 0.3) is 0 Å². The highest BCUT2D eigenvalue weighted by Crippen LogP contribution is 2.22. The number of aromatic nitrogens is 1. The van der Waals surface area contributed by atoms with Crippen LogP contribution in [-0.4, -0.2) is 12.1 Å². The third-order valence-electron chi connectivity index (χ3n) is 2.88. The number of hydrogen-bond acceptors (Lipinski definition) is 4. The number of ether oxygens (including phenoxy) is 1. The highest BCUT2D eigenvalue weighted by molar-refractivity contribution is 5.53. The number of rotatable bonds is 4. The largest absolute Gasteiger partial charge is 0.481 e. The number of aryl methyl sites for hydroxylation is 1. The summed E-state index contributed by atoms with van der Waals surface area (Å²) in [6, 6.07) is 13.3. The van der Waals surface area contributed by atoms with Crippen LogP contribution in [0.3, 0.4) is 0 Å². The molecule has 0 spiro atoms. The summed E-state index contributed by atoms with van der Waals surface area (Å²) < 4.78 is 5.01. The molecular formula is C15H15N3O. The Morgan fingerprint density at radius 1 is 1.26 bits per heavy atom. The Morgan fingerprint density at radius 2 is 2.05 bits per heavy atom. The van der Waals surface area contributed by atoms with Gasteiger partial charge in [-0.25, -0.2) is 4.98 Å². The summed E-state index contributed by atoms with van der Waals surface area (Å²) in [5.74, 6) is 0.538. The fourth-order valence-electron chi connectivity index (χ4n) is 1.76.